The maximum absolute atomic E-state index is 11.3. The van der Waals surface area contributed by atoms with Crippen LogP contribution in [0.25, 0.3) is 0 Å². The fraction of sp³-hybridized carbons (Fsp3) is 0.762. The predicted octanol–water partition coefficient (Wildman–Crippen LogP) is 8.01. The molecule has 138 valence electrons. The van der Waals surface area contributed by atoms with E-state index >= 15 is 0 Å². The highest BCUT2D eigenvalue weighted by atomic mass is 35.5. The van der Waals surface area contributed by atoms with Crippen molar-refractivity contribution in [3.8, 4) is 0 Å². The molecule has 0 aromatic carbocycles. The summed E-state index contributed by atoms with van der Waals surface area (Å²) in [7, 11) is 0. The summed E-state index contributed by atoms with van der Waals surface area (Å²) in [5, 5.41) is 1.80. The molecule has 0 amide bonds. The third kappa shape index (κ3) is 9.84. The number of unbranched alkanes of at least 4 members (excludes halogenated alkanes) is 8. The highest BCUT2D eigenvalue weighted by Crippen LogP contribution is 2.26. The van der Waals surface area contributed by atoms with Crippen molar-refractivity contribution in [1.82, 2.24) is 0 Å². The van der Waals surface area contributed by atoms with Crippen molar-refractivity contribution in [2.75, 3.05) is 0 Å². The Morgan fingerprint density at radius 2 is 1.50 bits per heavy atom. The average Bonchev–Trinajstić information content (AvgIpc) is 3.03. The molecule has 0 aliphatic carbocycles. The smallest absolute Gasteiger partial charge is 0.262 e. The summed E-state index contributed by atoms with van der Waals surface area (Å²) in [4.78, 5) is 12.0. The Kier molecular flexibility index (Phi) is 12.6. The van der Waals surface area contributed by atoms with Gasteiger partial charge in [0.2, 0.25) is 0 Å². The van der Waals surface area contributed by atoms with Gasteiger partial charge in [-0.25, -0.2) is 0 Å². The molecule has 0 fully saturated rings. The third-order valence-electron chi connectivity index (χ3n) is 4.80. The van der Waals surface area contributed by atoms with Crippen molar-refractivity contribution >= 4 is 28.2 Å². The number of hydrogen-bond acceptors (Lipinski definition) is 2. The first-order valence-electron chi connectivity index (χ1n) is 9.94. The van der Waals surface area contributed by atoms with Crippen LogP contribution in [0.3, 0.4) is 0 Å². The summed E-state index contributed by atoms with van der Waals surface area (Å²) < 4.78 is 0. The fourth-order valence-corrected chi connectivity index (χ4v) is 4.28. The minimum atomic E-state index is -0.318. The monoisotopic (exact) mass is 370 g/mol. The number of carbonyl (C=O) groups excluding carboxylic acids is 1. The Hall–Kier alpha value is -0.340. The van der Waals surface area contributed by atoms with E-state index in [9.17, 15) is 4.79 Å². The van der Waals surface area contributed by atoms with Crippen LogP contribution in [0.2, 0.25) is 0 Å². The minimum absolute atomic E-state index is 0.318. The van der Waals surface area contributed by atoms with Gasteiger partial charge < -0.3 is 0 Å². The quantitative estimate of drug-likeness (QED) is 0.225. The van der Waals surface area contributed by atoms with Gasteiger partial charge in [-0.15, -0.1) is 11.3 Å². The van der Waals surface area contributed by atoms with Crippen molar-refractivity contribution in [1.29, 1.82) is 0 Å². The molecule has 3 heteroatoms. The Balaban J connectivity index is 2.39. The van der Waals surface area contributed by atoms with Gasteiger partial charge in [0.05, 0.1) is 4.88 Å². The molecule has 0 saturated carbocycles. The topological polar surface area (TPSA) is 17.1 Å². The van der Waals surface area contributed by atoms with Gasteiger partial charge >= 0.3 is 0 Å². The van der Waals surface area contributed by atoms with E-state index < -0.39 is 0 Å². The summed E-state index contributed by atoms with van der Waals surface area (Å²) in [6, 6.07) is 2.00. The lowest BCUT2D eigenvalue weighted by atomic mass is 9.89. The molecule has 1 unspecified atom stereocenters. The lowest BCUT2D eigenvalue weighted by molar-refractivity contribution is 0.108. The Morgan fingerprint density at radius 1 is 0.958 bits per heavy atom. The van der Waals surface area contributed by atoms with Gasteiger partial charge in [0, 0.05) is 0 Å². The zero-order chi connectivity index (χ0) is 17.6. The van der Waals surface area contributed by atoms with Crippen LogP contribution in [0.15, 0.2) is 11.4 Å². The zero-order valence-corrected chi connectivity index (χ0v) is 17.2. The Labute approximate surface area is 158 Å². The predicted molar refractivity (Wildman–Crippen MR) is 108 cm³/mol. The molecule has 1 heterocycles. The molecule has 0 aliphatic heterocycles. The van der Waals surface area contributed by atoms with Crippen LogP contribution in [0.1, 0.15) is 106 Å². The molecule has 0 bridgehead atoms. The molecule has 0 spiro atoms. The molecule has 24 heavy (non-hydrogen) atoms. The van der Waals surface area contributed by atoms with Gasteiger partial charge in [0.15, 0.2) is 0 Å². The van der Waals surface area contributed by atoms with Crippen molar-refractivity contribution in [3.05, 3.63) is 21.9 Å². The van der Waals surface area contributed by atoms with E-state index in [2.05, 4.69) is 19.2 Å². The summed E-state index contributed by atoms with van der Waals surface area (Å²) in [5.74, 6) is 0.765. The van der Waals surface area contributed by atoms with E-state index in [0.717, 1.165) is 12.3 Å². The second kappa shape index (κ2) is 13.9. The van der Waals surface area contributed by atoms with Gasteiger partial charge in [0.1, 0.15) is 0 Å². The first-order valence-corrected chi connectivity index (χ1v) is 11.2. The van der Waals surface area contributed by atoms with Crippen LogP contribution in [-0.2, 0) is 6.42 Å². The average molecular weight is 371 g/mol. The number of carbonyl (C=O) groups is 1. The molecule has 0 radical (unpaired) electrons. The summed E-state index contributed by atoms with van der Waals surface area (Å²) in [6.07, 6.45) is 17.3. The molecule has 0 N–H and O–H groups in total. The molecule has 1 aromatic rings. The molecule has 0 saturated heterocycles. The molecule has 1 nitrogen and oxygen atoms in total. The number of rotatable bonds is 15. The van der Waals surface area contributed by atoms with E-state index in [1.165, 1.54) is 94.0 Å². The Morgan fingerprint density at radius 3 is 2.04 bits per heavy atom. The van der Waals surface area contributed by atoms with Crippen LogP contribution in [0.5, 0.6) is 0 Å². The van der Waals surface area contributed by atoms with Gasteiger partial charge in [-0.1, -0.05) is 90.9 Å². The van der Waals surface area contributed by atoms with Crippen molar-refractivity contribution in [2.24, 2.45) is 5.92 Å². The van der Waals surface area contributed by atoms with Crippen LogP contribution < -0.4 is 0 Å². The van der Waals surface area contributed by atoms with Gasteiger partial charge in [-0.3, -0.25) is 4.79 Å². The van der Waals surface area contributed by atoms with E-state index in [1.807, 2.05) is 6.07 Å². The van der Waals surface area contributed by atoms with Crippen molar-refractivity contribution in [2.45, 2.75) is 97.3 Å². The highest BCUT2D eigenvalue weighted by Gasteiger charge is 2.13. The maximum Gasteiger partial charge on any atom is 0.262 e. The summed E-state index contributed by atoms with van der Waals surface area (Å²) in [6.45, 7) is 4.54. The number of thiophene rings is 1. The lowest BCUT2D eigenvalue weighted by Crippen LogP contribution is -2.05. The van der Waals surface area contributed by atoms with E-state index in [1.54, 1.807) is 0 Å². The van der Waals surface area contributed by atoms with E-state index in [4.69, 9.17) is 11.6 Å². The van der Waals surface area contributed by atoms with Gasteiger partial charge in [-0.2, -0.15) is 0 Å². The molecule has 1 atom stereocenters. The van der Waals surface area contributed by atoms with E-state index in [0.29, 0.717) is 4.88 Å². The first-order chi connectivity index (χ1) is 11.7. The first kappa shape index (κ1) is 21.7. The van der Waals surface area contributed by atoms with Crippen LogP contribution >= 0.6 is 22.9 Å². The standard InChI is InChI=1S/C21H35ClOS/c1-3-5-7-9-10-12-14-18(13-11-8-6-4-2)15-19-16-20(21(22)23)24-17-19/h16-18H,3-15H2,1-2H3. The zero-order valence-electron chi connectivity index (χ0n) is 15.6. The number of hydrogen-bond donors (Lipinski definition) is 0. The van der Waals surface area contributed by atoms with Crippen LogP contribution in [0, 0.1) is 5.92 Å². The molecular formula is C21H35ClOS. The Bertz CT molecular complexity index is 441. The molecule has 1 aromatic heterocycles. The van der Waals surface area contributed by atoms with Crippen LogP contribution in [-0.4, -0.2) is 5.24 Å². The van der Waals surface area contributed by atoms with Gasteiger partial charge in [-0.05, 0) is 40.9 Å². The second-order valence-corrected chi connectivity index (χ2v) is 8.32. The lowest BCUT2D eigenvalue weighted by Gasteiger charge is -2.16. The SMILES string of the molecule is CCCCCCCCC(CCCCCC)Cc1csc(C(=O)Cl)c1. The normalized spacial score (nSPS) is 12.5. The summed E-state index contributed by atoms with van der Waals surface area (Å²) >= 11 is 7.07. The molecule has 0 aliphatic rings. The number of halogens is 1. The fourth-order valence-electron chi connectivity index (χ4n) is 3.34. The highest BCUT2D eigenvalue weighted by molar-refractivity contribution is 7.14. The van der Waals surface area contributed by atoms with Crippen molar-refractivity contribution in [3.63, 3.8) is 0 Å². The van der Waals surface area contributed by atoms with Gasteiger partial charge in [0.25, 0.3) is 5.24 Å². The van der Waals surface area contributed by atoms with E-state index in [-0.39, 0.29) is 5.24 Å². The maximum atomic E-state index is 11.3. The second-order valence-electron chi connectivity index (χ2n) is 7.07. The molecular weight excluding hydrogens is 336 g/mol. The largest absolute Gasteiger partial charge is 0.275 e. The third-order valence-corrected chi connectivity index (χ3v) is 6.10. The minimum Gasteiger partial charge on any atom is -0.275 e. The van der Waals surface area contributed by atoms with Crippen LogP contribution in [0.4, 0.5) is 0 Å². The van der Waals surface area contributed by atoms with Crippen molar-refractivity contribution < 1.29 is 4.79 Å². The summed E-state index contributed by atoms with van der Waals surface area (Å²) in [5.41, 5.74) is 1.30. The molecule has 1 rings (SSSR count).